The molecule has 1 fully saturated rings. The molecule has 1 amide bonds. The summed E-state index contributed by atoms with van der Waals surface area (Å²) in [5.41, 5.74) is -0.310. The molecule has 1 aromatic heterocycles. The molecule has 0 spiro atoms. The molecule has 2 aliphatic rings. The van der Waals surface area contributed by atoms with E-state index in [2.05, 4.69) is 29.4 Å². The Bertz CT molecular complexity index is 490. The summed E-state index contributed by atoms with van der Waals surface area (Å²) < 4.78 is 2.03. The van der Waals surface area contributed by atoms with Crippen LogP contribution in [0.3, 0.4) is 0 Å². The van der Waals surface area contributed by atoms with E-state index in [4.69, 9.17) is 0 Å². The first-order chi connectivity index (χ1) is 9.59. The van der Waals surface area contributed by atoms with Gasteiger partial charge >= 0.3 is 0 Å². The van der Waals surface area contributed by atoms with Crippen LogP contribution < -0.4 is 5.32 Å². The first kappa shape index (κ1) is 13.5. The number of nitrogens with zero attached hydrogens (tertiary/aromatic N) is 4. The van der Waals surface area contributed by atoms with E-state index in [9.17, 15) is 4.79 Å². The minimum Gasteiger partial charge on any atom is -0.333 e. The van der Waals surface area contributed by atoms with E-state index < -0.39 is 0 Å². The molecule has 1 atom stereocenters. The predicted octanol–water partition coefficient (Wildman–Crippen LogP) is 0.646. The highest BCUT2D eigenvalue weighted by molar-refractivity contribution is 5.82. The molecule has 3 heterocycles. The van der Waals surface area contributed by atoms with Gasteiger partial charge in [-0.25, -0.2) is 0 Å². The second-order valence-electron chi connectivity index (χ2n) is 6.43. The highest BCUT2D eigenvalue weighted by atomic mass is 16.2. The van der Waals surface area contributed by atoms with Gasteiger partial charge in [-0.3, -0.25) is 4.79 Å². The minimum absolute atomic E-state index is 0.250. The Morgan fingerprint density at radius 1 is 1.45 bits per heavy atom. The van der Waals surface area contributed by atoms with Gasteiger partial charge in [0, 0.05) is 18.5 Å². The van der Waals surface area contributed by atoms with Gasteiger partial charge in [-0.05, 0) is 31.8 Å². The Labute approximate surface area is 119 Å². The summed E-state index contributed by atoms with van der Waals surface area (Å²) in [6.45, 7) is 8.35. The molecule has 1 unspecified atom stereocenters. The summed E-state index contributed by atoms with van der Waals surface area (Å²) >= 11 is 0. The van der Waals surface area contributed by atoms with Crippen molar-refractivity contribution in [2.75, 3.05) is 19.6 Å². The van der Waals surface area contributed by atoms with Crippen LogP contribution >= 0.6 is 0 Å². The smallest absolute Gasteiger partial charge is 0.229 e. The molecule has 1 aromatic rings. The van der Waals surface area contributed by atoms with Crippen LogP contribution in [0, 0.1) is 11.3 Å². The van der Waals surface area contributed by atoms with Crippen LogP contribution in [-0.2, 0) is 17.9 Å². The van der Waals surface area contributed by atoms with Crippen molar-refractivity contribution in [1.29, 1.82) is 0 Å². The monoisotopic (exact) mass is 277 g/mol. The van der Waals surface area contributed by atoms with Crippen LogP contribution in [0.15, 0.2) is 6.33 Å². The van der Waals surface area contributed by atoms with Crippen molar-refractivity contribution in [3.05, 3.63) is 12.2 Å². The maximum Gasteiger partial charge on any atom is 0.229 e. The number of aromatic nitrogens is 3. The normalized spacial score (nSPS) is 23.5. The van der Waals surface area contributed by atoms with Gasteiger partial charge in [-0.15, -0.1) is 10.2 Å². The van der Waals surface area contributed by atoms with Crippen molar-refractivity contribution < 1.29 is 4.79 Å². The molecule has 3 rings (SSSR count). The van der Waals surface area contributed by atoms with E-state index in [0.29, 0.717) is 12.5 Å². The average molecular weight is 277 g/mol. The summed E-state index contributed by atoms with van der Waals surface area (Å²) in [6, 6.07) is 0. The van der Waals surface area contributed by atoms with Gasteiger partial charge in [0.1, 0.15) is 6.33 Å². The van der Waals surface area contributed by atoms with Crippen molar-refractivity contribution in [3.8, 4) is 0 Å². The Morgan fingerprint density at radius 2 is 2.30 bits per heavy atom. The van der Waals surface area contributed by atoms with Crippen molar-refractivity contribution >= 4 is 5.91 Å². The molecule has 2 aliphatic heterocycles. The largest absolute Gasteiger partial charge is 0.333 e. The van der Waals surface area contributed by atoms with E-state index in [1.54, 1.807) is 6.33 Å². The molecule has 110 valence electrons. The van der Waals surface area contributed by atoms with E-state index in [0.717, 1.165) is 44.8 Å². The fraction of sp³-hybridized carbons (Fsp3) is 0.786. The molecule has 0 radical (unpaired) electrons. The molecular weight excluding hydrogens is 254 g/mol. The van der Waals surface area contributed by atoms with Crippen LogP contribution in [0.2, 0.25) is 0 Å². The van der Waals surface area contributed by atoms with Gasteiger partial charge in [0.2, 0.25) is 5.91 Å². The van der Waals surface area contributed by atoms with E-state index in [-0.39, 0.29) is 11.3 Å². The number of nitrogens with one attached hydrogen (secondary N) is 1. The second kappa shape index (κ2) is 5.16. The molecule has 0 saturated carbocycles. The van der Waals surface area contributed by atoms with Gasteiger partial charge in [-0.1, -0.05) is 13.8 Å². The maximum absolute atomic E-state index is 12.9. The molecule has 1 N–H and O–H groups in total. The third kappa shape index (κ3) is 2.32. The number of fused-ring (bicyclic) bond motifs is 1. The Balaban J connectivity index is 1.72. The van der Waals surface area contributed by atoms with Gasteiger partial charge in [0.25, 0.3) is 0 Å². The van der Waals surface area contributed by atoms with Gasteiger partial charge in [0.15, 0.2) is 5.82 Å². The molecule has 6 nitrogen and oxygen atoms in total. The van der Waals surface area contributed by atoms with Crippen LogP contribution in [0.4, 0.5) is 0 Å². The zero-order chi connectivity index (χ0) is 14.2. The lowest BCUT2D eigenvalue weighted by molar-refractivity contribution is -0.145. The third-order valence-electron chi connectivity index (χ3n) is 4.79. The summed E-state index contributed by atoms with van der Waals surface area (Å²) in [4.78, 5) is 14.8. The number of amides is 1. The van der Waals surface area contributed by atoms with Gasteiger partial charge in [0.05, 0.1) is 6.54 Å². The first-order valence-corrected chi connectivity index (χ1v) is 7.46. The third-order valence-corrected chi connectivity index (χ3v) is 4.79. The number of piperidine rings is 1. The SMILES string of the molecule is CC(C)(C(=O)N1CCn2cnnc2C1)C1CCCNC1. The first-order valence-electron chi connectivity index (χ1n) is 7.46. The van der Waals surface area contributed by atoms with Crippen LogP contribution in [0.5, 0.6) is 0 Å². The number of hydrogen-bond donors (Lipinski definition) is 1. The molecule has 0 bridgehead atoms. The van der Waals surface area contributed by atoms with Gasteiger partial charge < -0.3 is 14.8 Å². The fourth-order valence-corrected chi connectivity index (χ4v) is 3.29. The number of rotatable bonds is 2. The standard InChI is InChI=1S/C14H23N5O/c1-14(2,11-4-3-5-15-8-11)13(20)18-6-7-19-10-16-17-12(19)9-18/h10-11,15H,3-9H2,1-2H3. The summed E-state index contributed by atoms with van der Waals surface area (Å²) in [5, 5.41) is 11.4. The Hall–Kier alpha value is -1.43. The zero-order valence-corrected chi connectivity index (χ0v) is 12.3. The van der Waals surface area contributed by atoms with Crippen LogP contribution in [-0.4, -0.2) is 45.2 Å². The molecule has 1 saturated heterocycles. The van der Waals surface area contributed by atoms with Crippen LogP contribution in [0.25, 0.3) is 0 Å². The lowest BCUT2D eigenvalue weighted by Crippen LogP contribution is -2.50. The molecule has 20 heavy (non-hydrogen) atoms. The number of hydrogen-bond acceptors (Lipinski definition) is 4. The van der Waals surface area contributed by atoms with Gasteiger partial charge in [-0.2, -0.15) is 0 Å². The Kier molecular flexibility index (Phi) is 3.50. The summed E-state index contributed by atoms with van der Waals surface area (Å²) in [6.07, 6.45) is 4.04. The molecule has 6 heteroatoms. The number of carbonyl (C=O) groups excluding carboxylic acids is 1. The fourth-order valence-electron chi connectivity index (χ4n) is 3.29. The van der Waals surface area contributed by atoms with E-state index in [1.807, 2.05) is 9.47 Å². The molecule has 0 aliphatic carbocycles. The summed E-state index contributed by atoms with van der Waals surface area (Å²) in [7, 11) is 0. The lowest BCUT2D eigenvalue weighted by atomic mass is 9.74. The van der Waals surface area contributed by atoms with E-state index in [1.165, 1.54) is 0 Å². The average Bonchev–Trinajstić information content (AvgIpc) is 2.94. The minimum atomic E-state index is -0.310. The highest BCUT2D eigenvalue weighted by Crippen LogP contribution is 2.34. The van der Waals surface area contributed by atoms with Crippen LogP contribution in [0.1, 0.15) is 32.5 Å². The topological polar surface area (TPSA) is 63.1 Å². The van der Waals surface area contributed by atoms with Crippen molar-refractivity contribution in [2.24, 2.45) is 11.3 Å². The predicted molar refractivity (Wildman–Crippen MR) is 74.8 cm³/mol. The quantitative estimate of drug-likeness (QED) is 0.862. The van der Waals surface area contributed by atoms with Crippen molar-refractivity contribution in [1.82, 2.24) is 25.0 Å². The molecule has 0 aromatic carbocycles. The van der Waals surface area contributed by atoms with Crippen molar-refractivity contribution in [3.63, 3.8) is 0 Å². The number of carbonyl (C=O) groups is 1. The van der Waals surface area contributed by atoms with Crippen molar-refractivity contribution in [2.45, 2.75) is 39.8 Å². The maximum atomic E-state index is 12.9. The molecular formula is C14H23N5O. The highest BCUT2D eigenvalue weighted by Gasteiger charge is 2.40. The second-order valence-corrected chi connectivity index (χ2v) is 6.43. The zero-order valence-electron chi connectivity index (χ0n) is 12.3. The lowest BCUT2D eigenvalue weighted by Gasteiger charge is -2.40. The Morgan fingerprint density at radius 3 is 3.05 bits per heavy atom. The summed E-state index contributed by atoms with van der Waals surface area (Å²) in [5.74, 6) is 1.56. The van der Waals surface area contributed by atoms with E-state index >= 15 is 0 Å².